The number of carboxylic acid groups (broad SMARTS) is 1. The molecule has 0 spiro atoms. The molecule has 1 rings (SSSR count). The highest BCUT2D eigenvalue weighted by Gasteiger charge is 2.17. The van der Waals surface area contributed by atoms with E-state index in [0.29, 0.717) is 12.2 Å². The average Bonchev–Trinajstić information content (AvgIpc) is 2.35. The topological polar surface area (TPSA) is 75.6 Å². The Kier molecular flexibility index (Phi) is 5.78. The van der Waals surface area contributed by atoms with Crippen LogP contribution in [-0.4, -0.2) is 29.6 Å². The van der Waals surface area contributed by atoms with E-state index in [1.165, 1.54) is 18.2 Å². The number of carboxylic acids is 1. The second-order valence-electron chi connectivity index (χ2n) is 3.92. The number of carbonyl (C=O) groups excluding carboxylic acids is 1. The van der Waals surface area contributed by atoms with Crippen LogP contribution in [0.25, 0.3) is 0 Å². The molecule has 0 aromatic heterocycles. The van der Waals surface area contributed by atoms with Crippen molar-refractivity contribution in [2.24, 2.45) is 0 Å². The third-order valence-electron chi connectivity index (χ3n) is 2.44. The fraction of sp³-hybridized carbons (Fsp3) is 0.385. The number of aliphatic carboxylic acids is 1. The molecule has 1 aromatic rings. The van der Waals surface area contributed by atoms with Gasteiger partial charge in [-0.1, -0.05) is 13.0 Å². The Morgan fingerprint density at radius 2 is 2.21 bits per heavy atom. The van der Waals surface area contributed by atoms with E-state index in [-0.39, 0.29) is 13.0 Å². The number of hydrogen-bond acceptors (Lipinski definition) is 3. The first kappa shape index (κ1) is 14.9. The summed E-state index contributed by atoms with van der Waals surface area (Å²) in [6, 6.07) is 4.69. The van der Waals surface area contributed by atoms with Gasteiger partial charge in [-0.2, -0.15) is 0 Å². The molecule has 19 heavy (non-hydrogen) atoms. The molecule has 2 N–H and O–H groups in total. The van der Waals surface area contributed by atoms with Crippen molar-refractivity contribution in [3.8, 4) is 5.75 Å². The van der Waals surface area contributed by atoms with Gasteiger partial charge in [0.1, 0.15) is 17.6 Å². The number of halogens is 1. The average molecular weight is 269 g/mol. The maximum absolute atomic E-state index is 12.8. The number of benzene rings is 1. The van der Waals surface area contributed by atoms with Gasteiger partial charge in [0.15, 0.2) is 0 Å². The third-order valence-corrected chi connectivity index (χ3v) is 2.44. The Hall–Kier alpha value is -2.11. The van der Waals surface area contributed by atoms with Crippen molar-refractivity contribution in [3.05, 3.63) is 30.1 Å². The Balaban J connectivity index is 2.33. The molecule has 0 saturated heterocycles. The predicted octanol–water partition coefficient (Wildman–Crippen LogP) is 1.57. The van der Waals surface area contributed by atoms with Crippen molar-refractivity contribution in [1.29, 1.82) is 0 Å². The first-order chi connectivity index (χ1) is 9.02. The fourth-order valence-electron chi connectivity index (χ4n) is 1.42. The van der Waals surface area contributed by atoms with Crippen molar-refractivity contribution in [1.82, 2.24) is 5.32 Å². The molecule has 6 heteroatoms. The zero-order chi connectivity index (χ0) is 14.3. The summed E-state index contributed by atoms with van der Waals surface area (Å²) >= 11 is 0. The van der Waals surface area contributed by atoms with Crippen molar-refractivity contribution >= 4 is 11.9 Å². The lowest BCUT2D eigenvalue weighted by molar-refractivity contribution is -0.142. The van der Waals surface area contributed by atoms with Crippen LogP contribution >= 0.6 is 0 Å². The van der Waals surface area contributed by atoms with Gasteiger partial charge in [0.2, 0.25) is 5.91 Å². The Bertz CT molecular complexity index is 450. The van der Waals surface area contributed by atoms with Crippen molar-refractivity contribution in [3.63, 3.8) is 0 Å². The van der Waals surface area contributed by atoms with Crippen LogP contribution in [0.1, 0.15) is 19.8 Å². The fourth-order valence-corrected chi connectivity index (χ4v) is 1.42. The molecule has 0 fully saturated rings. The van der Waals surface area contributed by atoms with E-state index in [4.69, 9.17) is 9.84 Å². The Morgan fingerprint density at radius 3 is 2.79 bits per heavy atom. The third kappa shape index (κ3) is 5.37. The van der Waals surface area contributed by atoms with E-state index >= 15 is 0 Å². The van der Waals surface area contributed by atoms with Crippen LogP contribution in [0.5, 0.6) is 5.75 Å². The van der Waals surface area contributed by atoms with Crippen LogP contribution in [-0.2, 0) is 9.59 Å². The maximum atomic E-state index is 12.8. The van der Waals surface area contributed by atoms with Crippen molar-refractivity contribution in [2.45, 2.75) is 25.8 Å². The Labute approximate surface area is 110 Å². The maximum Gasteiger partial charge on any atom is 0.326 e. The lowest BCUT2D eigenvalue weighted by Crippen LogP contribution is -2.40. The van der Waals surface area contributed by atoms with Crippen LogP contribution < -0.4 is 10.1 Å². The lowest BCUT2D eigenvalue weighted by Gasteiger charge is -2.12. The monoisotopic (exact) mass is 269 g/mol. The van der Waals surface area contributed by atoms with E-state index in [9.17, 15) is 14.0 Å². The second kappa shape index (κ2) is 7.35. The van der Waals surface area contributed by atoms with E-state index in [0.717, 1.165) is 0 Å². The van der Waals surface area contributed by atoms with E-state index in [2.05, 4.69) is 5.32 Å². The molecule has 0 saturated carbocycles. The molecule has 104 valence electrons. The molecule has 0 radical (unpaired) electrons. The van der Waals surface area contributed by atoms with Gasteiger partial charge in [-0.15, -0.1) is 0 Å². The van der Waals surface area contributed by atoms with E-state index < -0.39 is 23.7 Å². The number of hydrogen-bond donors (Lipinski definition) is 2. The van der Waals surface area contributed by atoms with Gasteiger partial charge in [0.25, 0.3) is 0 Å². The highest BCUT2D eigenvalue weighted by Crippen LogP contribution is 2.11. The van der Waals surface area contributed by atoms with Crippen LogP contribution in [0, 0.1) is 5.82 Å². The summed E-state index contributed by atoms with van der Waals surface area (Å²) in [5.74, 6) is -1.57. The first-order valence-corrected chi connectivity index (χ1v) is 5.93. The molecule has 0 bridgehead atoms. The van der Waals surface area contributed by atoms with E-state index in [1.54, 1.807) is 13.0 Å². The summed E-state index contributed by atoms with van der Waals surface area (Å²) in [5, 5.41) is 11.1. The zero-order valence-corrected chi connectivity index (χ0v) is 10.6. The second-order valence-corrected chi connectivity index (χ2v) is 3.92. The minimum atomic E-state index is -1.07. The van der Waals surface area contributed by atoms with Crippen LogP contribution in [0.4, 0.5) is 4.39 Å². The molecule has 0 aliphatic heterocycles. The van der Waals surface area contributed by atoms with Crippen LogP contribution in [0.3, 0.4) is 0 Å². The van der Waals surface area contributed by atoms with Crippen molar-refractivity contribution < 1.29 is 23.8 Å². The zero-order valence-electron chi connectivity index (χ0n) is 10.6. The predicted molar refractivity (Wildman–Crippen MR) is 66.4 cm³/mol. The standard InChI is InChI=1S/C13H16FNO4/c1-2-11(13(17)18)15-12(16)6-7-19-10-5-3-4-9(14)8-10/h3-5,8,11H,2,6-7H2,1H3,(H,15,16)(H,17,18)/t11-/m1/s1. The molecular formula is C13H16FNO4. The summed E-state index contributed by atoms with van der Waals surface area (Å²) < 4.78 is 18.0. The SMILES string of the molecule is CC[C@@H](NC(=O)CCOc1cccc(F)c1)C(=O)O. The number of amides is 1. The molecular weight excluding hydrogens is 253 g/mol. The summed E-state index contributed by atoms with van der Waals surface area (Å²) in [7, 11) is 0. The molecule has 1 amide bonds. The number of carbonyl (C=O) groups is 2. The van der Waals surface area contributed by atoms with Crippen LogP contribution in [0.15, 0.2) is 24.3 Å². The van der Waals surface area contributed by atoms with Gasteiger partial charge in [-0.25, -0.2) is 9.18 Å². The molecule has 1 aromatic carbocycles. The molecule has 0 aliphatic rings. The molecule has 1 atom stereocenters. The highest BCUT2D eigenvalue weighted by atomic mass is 19.1. The smallest absolute Gasteiger partial charge is 0.326 e. The van der Waals surface area contributed by atoms with Gasteiger partial charge in [0.05, 0.1) is 13.0 Å². The number of ether oxygens (including phenoxy) is 1. The van der Waals surface area contributed by atoms with E-state index in [1.807, 2.05) is 0 Å². The number of nitrogens with one attached hydrogen (secondary N) is 1. The molecule has 0 aliphatic carbocycles. The van der Waals surface area contributed by atoms with Gasteiger partial charge < -0.3 is 15.2 Å². The first-order valence-electron chi connectivity index (χ1n) is 5.93. The van der Waals surface area contributed by atoms with Gasteiger partial charge in [-0.3, -0.25) is 4.79 Å². The number of rotatable bonds is 7. The minimum Gasteiger partial charge on any atom is -0.493 e. The summed E-state index contributed by atoms with van der Waals surface area (Å²) in [5.41, 5.74) is 0. The quantitative estimate of drug-likeness (QED) is 0.788. The summed E-state index contributed by atoms with van der Waals surface area (Å²) in [6.45, 7) is 1.73. The van der Waals surface area contributed by atoms with Crippen molar-refractivity contribution in [2.75, 3.05) is 6.61 Å². The highest BCUT2D eigenvalue weighted by molar-refractivity contribution is 5.83. The van der Waals surface area contributed by atoms with Crippen LogP contribution in [0.2, 0.25) is 0 Å². The van der Waals surface area contributed by atoms with Gasteiger partial charge in [0, 0.05) is 6.07 Å². The molecule has 0 heterocycles. The molecule has 0 unspecified atom stereocenters. The van der Waals surface area contributed by atoms with Gasteiger partial charge >= 0.3 is 5.97 Å². The minimum absolute atomic E-state index is 0.0142. The lowest BCUT2D eigenvalue weighted by atomic mass is 10.2. The molecule has 5 nitrogen and oxygen atoms in total. The largest absolute Gasteiger partial charge is 0.493 e. The summed E-state index contributed by atoms with van der Waals surface area (Å²) in [4.78, 5) is 22.2. The normalized spacial score (nSPS) is 11.7. The Morgan fingerprint density at radius 1 is 1.47 bits per heavy atom. The summed E-state index contributed by atoms with van der Waals surface area (Å²) in [6.07, 6.45) is 0.326. The van der Waals surface area contributed by atoms with Gasteiger partial charge in [-0.05, 0) is 18.6 Å².